The van der Waals surface area contributed by atoms with Gasteiger partial charge in [0.1, 0.15) is 12.3 Å². The van der Waals surface area contributed by atoms with Crippen molar-refractivity contribution < 1.29 is 19.1 Å². The second-order valence-electron chi connectivity index (χ2n) is 6.58. The average Bonchev–Trinajstić information content (AvgIpc) is 2.98. The van der Waals surface area contributed by atoms with Crippen molar-refractivity contribution in [2.45, 2.75) is 26.9 Å². The van der Waals surface area contributed by atoms with Crippen LogP contribution in [0.2, 0.25) is 5.02 Å². The average molecular weight is 494 g/mol. The Morgan fingerprint density at radius 2 is 1.87 bits per heavy atom. The number of ether oxygens (including phenoxy) is 2. The smallest absolute Gasteiger partial charge is 0.329 e. The standard InChI is InChI=1S/C22H22BrClN2O4/c1-3-9-26-21(27)18(25-22(26)28)10-15-11-19(29-4-2)20(12-16(15)23)30-13-14-7-5-6-8-17(14)24/h5-8,10-12H,3-4,9,13H2,1-2H3,(H,25,28)/b18-10+. The molecule has 2 aromatic carbocycles. The van der Waals surface area contributed by atoms with Gasteiger partial charge in [-0.05, 0) is 43.2 Å². The van der Waals surface area contributed by atoms with Gasteiger partial charge in [-0.15, -0.1) is 0 Å². The third kappa shape index (κ3) is 4.96. The summed E-state index contributed by atoms with van der Waals surface area (Å²) < 4.78 is 12.4. The summed E-state index contributed by atoms with van der Waals surface area (Å²) in [7, 11) is 0. The third-order valence-electron chi connectivity index (χ3n) is 4.41. The van der Waals surface area contributed by atoms with Crippen LogP contribution in [0.1, 0.15) is 31.4 Å². The predicted octanol–water partition coefficient (Wildman–Crippen LogP) is 5.38. The first-order valence-electron chi connectivity index (χ1n) is 9.61. The molecule has 0 bridgehead atoms. The monoisotopic (exact) mass is 492 g/mol. The van der Waals surface area contributed by atoms with Crippen LogP contribution in [0.25, 0.3) is 6.08 Å². The summed E-state index contributed by atoms with van der Waals surface area (Å²) in [6.07, 6.45) is 2.32. The highest BCUT2D eigenvalue weighted by Gasteiger charge is 2.32. The van der Waals surface area contributed by atoms with Crippen molar-refractivity contribution in [3.05, 3.63) is 62.7 Å². The Labute approximate surface area is 188 Å². The summed E-state index contributed by atoms with van der Waals surface area (Å²) in [6, 6.07) is 10.6. The van der Waals surface area contributed by atoms with E-state index in [0.717, 1.165) is 5.56 Å². The number of imide groups is 1. The van der Waals surface area contributed by atoms with Crippen LogP contribution in [-0.4, -0.2) is 30.0 Å². The number of urea groups is 1. The number of hydrogen-bond donors (Lipinski definition) is 1. The van der Waals surface area contributed by atoms with Crippen LogP contribution < -0.4 is 14.8 Å². The first-order chi connectivity index (χ1) is 14.4. The molecule has 8 heteroatoms. The summed E-state index contributed by atoms with van der Waals surface area (Å²) >= 11 is 9.72. The zero-order valence-corrected chi connectivity index (χ0v) is 19.0. The molecule has 2 aromatic rings. The lowest BCUT2D eigenvalue weighted by Gasteiger charge is -2.15. The number of halogens is 2. The van der Waals surface area contributed by atoms with Gasteiger partial charge >= 0.3 is 6.03 Å². The van der Waals surface area contributed by atoms with E-state index in [1.165, 1.54) is 4.90 Å². The summed E-state index contributed by atoms with van der Waals surface area (Å²) in [6.45, 7) is 4.89. The lowest BCUT2D eigenvalue weighted by molar-refractivity contribution is -0.122. The van der Waals surface area contributed by atoms with E-state index in [2.05, 4.69) is 21.2 Å². The van der Waals surface area contributed by atoms with Gasteiger partial charge < -0.3 is 14.8 Å². The maximum absolute atomic E-state index is 12.5. The molecule has 0 saturated carbocycles. The summed E-state index contributed by atoms with van der Waals surface area (Å²) in [5.41, 5.74) is 1.77. The molecule has 0 atom stereocenters. The van der Waals surface area contributed by atoms with E-state index in [9.17, 15) is 9.59 Å². The maximum atomic E-state index is 12.5. The molecular formula is C22H22BrClN2O4. The highest BCUT2D eigenvalue weighted by molar-refractivity contribution is 9.10. The fraction of sp³-hybridized carbons (Fsp3) is 0.273. The van der Waals surface area contributed by atoms with Gasteiger partial charge in [0.25, 0.3) is 5.91 Å². The van der Waals surface area contributed by atoms with Crippen molar-refractivity contribution >= 4 is 45.5 Å². The van der Waals surface area contributed by atoms with Crippen molar-refractivity contribution in [1.29, 1.82) is 0 Å². The van der Waals surface area contributed by atoms with E-state index in [0.29, 0.717) is 46.1 Å². The minimum Gasteiger partial charge on any atom is -0.490 e. The fourth-order valence-corrected chi connectivity index (χ4v) is 3.59. The predicted molar refractivity (Wildman–Crippen MR) is 120 cm³/mol. The molecule has 158 valence electrons. The van der Waals surface area contributed by atoms with Crippen LogP contribution in [0.3, 0.4) is 0 Å². The van der Waals surface area contributed by atoms with E-state index in [1.54, 1.807) is 18.2 Å². The highest BCUT2D eigenvalue weighted by Crippen LogP contribution is 2.36. The number of hydrogen-bond acceptors (Lipinski definition) is 4. The first kappa shape index (κ1) is 22.2. The van der Waals surface area contributed by atoms with E-state index in [1.807, 2.05) is 38.1 Å². The zero-order chi connectivity index (χ0) is 21.7. The SMILES string of the molecule is CCCN1C(=O)N/C(=C/c2cc(OCC)c(OCc3ccccc3Cl)cc2Br)C1=O. The maximum Gasteiger partial charge on any atom is 0.329 e. The van der Waals surface area contributed by atoms with Gasteiger partial charge in [-0.3, -0.25) is 9.69 Å². The minimum atomic E-state index is -0.408. The van der Waals surface area contributed by atoms with Gasteiger partial charge in [-0.2, -0.15) is 0 Å². The molecule has 1 heterocycles. The molecule has 0 aromatic heterocycles. The number of rotatable bonds is 8. The molecule has 3 amide bonds. The van der Waals surface area contributed by atoms with E-state index in [-0.39, 0.29) is 18.2 Å². The molecule has 6 nitrogen and oxygen atoms in total. The van der Waals surface area contributed by atoms with Gasteiger partial charge in [0.2, 0.25) is 0 Å². The Balaban J connectivity index is 1.87. The van der Waals surface area contributed by atoms with Crippen molar-refractivity contribution in [2.75, 3.05) is 13.2 Å². The molecule has 1 aliphatic heterocycles. The molecule has 30 heavy (non-hydrogen) atoms. The number of carbonyl (C=O) groups excluding carboxylic acids is 2. The van der Waals surface area contributed by atoms with Crippen LogP contribution in [0.5, 0.6) is 11.5 Å². The van der Waals surface area contributed by atoms with Crippen LogP contribution in [0, 0.1) is 0 Å². The largest absolute Gasteiger partial charge is 0.490 e. The normalized spacial score (nSPS) is 14.9. The van der Waals surface area contributed by atoms with E-state index < -0.39 is 6.03 Å². The molecule has 1 N–H and O–H groups in total. The summed E-state index contributed by atoms with van der Waals surface area (Å²) in [4.78, 5) is 25.7. The van der Waals surface area contributed by atoms with Gasteiger partial charge in [0.15, 0.2) is 11.5 Å². The Morgan fingerprint density at radius 3 is 2.57 bits per heavy atom. The number of nitrogens with one attached hydrogen (secondary N) is 1. The van der Waals surface area contributed by atoms with Crippen molar-refractivity contribution in [3.63, 3.8) is 0 Å². The van der Waals surface area contributed by atoms with Crippen molar-refractivity contribution in [3.8, 4) is 11.5 Å². The zero-order valence-electron chi connectivity index (χ0n) is 16.7. The summed E-state index contributed by atoms with van der Waals surface area (Å²) in [5, 5.41) is 3.25. The van der Waals surface area contributed by atoms with Crippen molar-refractivity contribution in [1.82, 2.24) is 10.2 Å². The van der Waals surface area contributed by atoms with Crippen LogP contribution >= 0.6 is 27.5 Å². The third-order valence-corrected chi connectivity index (χ3v) is 5.47. The molecule has 0 radical (unpaired) electrons. The lowest BCUT2D eigenvalue weighted by atomic mass is 10.1. The molecular weight excluding hydrogens is 472 g/mol. The van der Waals surface area contributed by atoms with Gasteiger partial charge in [-0.25, -0.2) is 4.79 Å². The second kappa shape index (κ2) is 10.00. The van der Waals surface area contributed by atoms with E-state index in [4.69, 9.17) is 21.1 Å². The molecule has 3 rings (SSSR count). The second-order valence-corrected chi connectivity index (χ2v) is 7.84. The number of carbonyl (C=O) groups is 2. The van der Waals surface area contributed by atoms with E-state index >= 15 is 0 Å². The van der Waals surface area contributed by atoms with Gasteiger partial charge in [0.05, 0.1) is 6.61 Å². The minimum absolute atomic E-state index is 0.223. The number of benzene rings is 2. The van der Waals surface area contributed by atoms with Crippen LogP contribution in [0.4, 0.5) is 4.79 Å². The van der Waals surface area contributed by atoms with Gasteiger partial charge in [0, 0.05) is 21.6 Å². The number of amides is 3. The Bertz CT molecular complexity index is 993. The Hall–Kier alpha value is -2.51. The van der Waals surface area contributed by atoms with Crippen LogP contribution in [-0.2, 0) is 11.4 Å². The first-order valence-corrected chi connectivity index (χ1v) is 10.8. The van der Waals surface area contributed by atoms with Crippen molar-refractivity contribution in [2.24, 2.45) is 0 Å². The fourth-order valence-electron chi connectivity index (χ4n) is 2.97. The number of nitrogens with zero attached hydrogens (tertiary/aromatic N) is 1. The Kier molecular flexibility index (Phi) is 7.39. The van der Waals surface area contributed by atoms with Gasteiger partial charge in [-0.1, -0.05) is 52.7 Å². The Morgan fingerprint density at radius 1 is 1.13 bits per heavy atom. The molecule has 1 saturated heterocycles. The van der Waals surface area contributed by atoms with Crippen LogP contribution in [0.15, 0.2) is 46.6 Å². The molecule has 0 aliphatic carbocycles. The highest BCUT2D eigenvalue weighted by atomic mass is 79.9. The molecule has 1 aliphatic rings. The lowest BCUT2D eigenvalue weighted by Crippen LogP contribution is -2.31. The summed E-state index contributed by atoms with van der Waals surface area (Å²) in [5.74, 6) is 0.729. The quantitative estimate of drug-likeness (QED) is 0.396. The molecule has 0 unspecified atom stereocenters. The topological polar surface area (TPSA) is 67.9 Å². The molecule has 0 spiro atoms. The molecule has 1 fully saturated rings.